The third-order valence-electron chi connectivity index (χ3n) is 7.28. The van der Waals surface area contributed by atoms with Crippen molar-refractivity contribution < 1.29 is 18.0 Å². The lowest BCUT2D eigenvalue weighted by Gasteiger charge is -2.29. The Morgan fingerprint density at radius 1 is 1.11 bits per heavy atom. The molecule has 1 aromatic carbocycles. The molecule has 1 N–H and O–H groups in total. The van der Waals surface area contributed by atoms with E-state index in [0.29, 0.717) is 41.5 Å². The summed E-state index contributed by atoms with van der Waals surface area (Å²) in [6, 6.07) is 7.67. The molecule has 2 fully saturated rings. The van der Waals surface area contributed by atoms with Gasteiger partial charge in [-0.25, -0.2) is 23.1 Å². The maximum absolute atomic E-state index is 14.9. The molecule has 11 heteroatoms. The number of aromatic nitrogens is 6. The van der Waals surface area contributed by atoms with Gasteiger partial charge < -0.3 is 14.5 Å². The molecule has 0 bridgehead atoms. The van der Waals surface area contributed by atoms with Crippen LogP contribution in [0, 0.1) is 12.7 Å². The van der Waals surface area contributed by atoms with Crippen LogP contribution in [0.4, 0.5) is 19.0 Å². The first kappa shape index (κ1) is 24.3. The number of benzene rings is 1. The number of pyridine rings is 1. The van der Waals surface area contributed by atoms with Crippen LogP contribution in [-0.4, -0.2) is 41.1 Å². The molecule has 38 heavy (non-hydrogen) atoms. The van der Waals surface area contributed by atoms with Crippen molar-refractivity contribution in [2.24, 2.45) is 0 Å². The normalized spacial score (nSPS) is 17.5. The molecule has 0 radical (unpaired) electrons. The number of nitrogens with zero attached hydrogens (tertiary/aromatic N) is 6. The smallest absolute Gasteiger partial charge is 0.259 e. The van der Waals surface area contributed by atoms with Crippen LogP contribution in [0.3, 0.4) is 0 Å². The van der Waals surface area contributed by atoms with Gasteiger partial charge in [-0.1, -0.05) is 6.07 Å². The standard InChI is InChI=1S/C27H26F3N7O/c1-16-11-20(28)19(12-23(16)36-13-22(31-14-36)17-5-6-17)26(38)34-24-4-2-3-21(33-24)25-35-32-15-37(25)18-7-9-27(29,30)10-8-18/h2-4,11-15,17-18H,5-10H2,1H3,(H,33,34,38). The zero-order valence-electron chi connectivity index (χ0n) is 20.7. The summed E-state index contributed by atoms with van der Waals surface area (Å²) in [7, 11) is 0. The van der Waals surface area contributed by atoms with Crippen molar-refractivity contribution >= 4 is 11.7 Å². The van der Waals surface area contributed by atoms with Crippen LogP contribution in [0.1, 0.15) is 72.1 Å². The van der Waals surface area contributed by atoms with E-state index in [-0.39, 0.29) is 30.3 Å². The average Bonchev–Trinajstić information content (AvgIpc) is 3.41. The van der Waals surface area contributed by atoms with Gasteiger partial charge in [0.15, 0.2) is 5.82 Å². The highest BCUT2D eigenvalue weighted by Crippen LogP contribution is 2.40. The molecular weight excluding hydrogens is 495 g/mol. The molecule has 3 aromatic heterocycles. The average molecular weight is 522 g/mol. The van der Waals surface area contributed by atoms with Crippen LogP contribution in [0.2, 0.25) is 0 Å². The van der Waals surface area contributed by atoms with Crippen LogP contribution in [0.5, 0.6) is 0 Å². The Hall–Kier alpha value is -4.02. The monoisotopic (exact) mass is 521 g/mol. The molecule has 2 aliphatic carbocycles. The van der Waals surface area contributed by atoms with E-state index >= 15 is 0 Å². The second-order valence-corrected chi connectivity index (χ2v) is 10.1. The van der Waals surface area contributed by atoms with Crippen molar-refractivity contribution in [2.75, 3.05) is 5.32 Å². The van der Waals surface area contributed by atoms with Crippen molar-refractivity contribution in [1.29, 1.82) is 0 Å². The number of aryl methyl sites for hydroxylation is 1. The topological polar surface area (TPSA) is 90.5 Å². The molecule has 1 amide bonds. The van der Waals surface area contributed by atoms with Crippen molar-refractivity contribution in [2.45, 2.75) is 63.3 Å². The van der Waals surface area contributed by atoms with Gasteiger partial charge in [0.05, 0.1) is 23.3 Å². The summed E-state index contributed by atoms with van der Waals surface area (Å²) in [5.41, 5.74) is 2.65. The molecule has 8 nitrogen and oxygen atoms in total. The number of alkyl halides is 2. The van der Waals surface area contributed by atoms with Crippen LogP contribution in [0.15, 0.2) is 49.2 Å². The highest BCUT2D eigenvalue weighted by molar-refractivity contribution is 6.04. The summed E-state index contributed by atoms with van der Waals surface area (Å²) in [5, 5.41) is 10.8. The van der Waals surface area contributed by atoms with Gasteiger partial charge in [0.25, 0.3) is 5.91 Å². The third-order valence-corrected chi connectivity index (χ3v) is 7.28. The van der Waals surface area contributed by atoms with E-state index in [0.717, 1.165) is 18.5 Å². The number of amides is 1. The number of rotatable bonds is 6. The number of nitrogens with one attached hydrogen (secondary N) is 1. The van der Waals surface area contributed by atoms with Gasteiger partial charge in [0.1, 0.15) is 23.7 Å². The predicted molar refractivity (Wildman–Crippen MR) is 134 cm³/mol. The molecule has 2 aliphatic rings. The number of halogens is 3. The fourth-order valence-electron chi connectivity index (χ4n) is 4.98. The van der Waals surface area contributed by atoms with Gasteiger partial charge in [-0.3, -0.25) is 4.79 Å². The van der Waals surface area contributed by atoms with Crippen molar-refractivity contribution in [3.8, 4) is 17.2 Å². The van der Waals surface area contributed by atoms with Gasteiger partial charge >= 0.3 is 0 Å². The highest BCUT2D eigenvalue weighted by atomic mass is 19.3. The second-order valence-electron chi connectivity index (χ2n) is 10.1. The molecule has 0 atom stereocenters. The minimum absolute atomic E-state index is 0.120. The van der Waals surface area contributed by atoms with E-state index in [2.05, 4.69) is 25.5 Å². The minimum atomic E-state index is -2.64. The summed E-state index contributed by atoms with van der Waals surface area (Å²) < 4.78 is 45.7. The maximum atomic E-state index is 14.9. The lowest BCUT2D eigenvalue weighted by molar-refractivity contribution is -0.0438. The van der Waals surface area contributed by atoms with E-state index < -0.39 is 17.6 Å². The van der Waals surface area contributed by atoms with Gasteiger partial charge in [-0.05, 0) is 62.4 Å². The SMILES string of the molecule is Cc1cc(F)c(C(=O)Nc2cccc(-c3nncn3C3CCC(F)(F)CC3)n2)cc1-n1cnc(C2CC2)c1. The predicted octanol–water partition coefficient (Wildman–Crippen LogP) is 5.85. The Kier molecular flexibility index (Phi) is 6.00. The summed E-state index contributed by atoms with van der Waals surface area (Å²) in [4.78, 5) is 22.0. The molecular formula is C27H26F3N7O. The van der Waals surface area contributed by atoms with Crippen molar-refractivity contribution in [3.63, 3.8) is 0 Å². The number of imidazole rings is 1. The first-order chi connectivity index (χ1) is 18.3. The largest absolute Gasteiger partial charge is 0.309 e. The lowest BCUT2D eigenvalue weighted by Crippen LogP contribution is -2.26. The Morgan fingerprint density at radius 2 is 1.89 bits per heavy atom. The Morgan fingerprint density at radius 3 is 2.66 bits per heavy atom. The van der Waals surface area contributed by atoms with Gasteiger partial charge in [-0.15, -0.1) is 10.2 Å². The summed E-state index contributed by atoms with van der Waals surface area (Å²) in [6.45, 7) is 1.78. The van der Waals surface area contributed by atoms with Crippen LogP contribution >= 0.6 is 0 Å². The molecule has 3 heterocycles. The van der Waals surface area contributed by atoms with Crippen molar-refractivity contribution in [1.82, 2.24) is 29.3 Å². The molecule has 196 valence electrons. The quantitative estimate of drug-likeness (QED) is 0.344. The molecule has 0 aliphatic heterocycles. The van der Waals surface area contributed by atoms with E-state index in [9.17, 15) is 18.0 Å². The number of anilines is 1. The second kappa shape index (κ2) is 9.38. The zero-order valence-corrected chi connectivity index (χ0v) is 20.7. The Labute approximate surface area is 216 Å². The summed E-state index contributed by atoms with van der Waals surface area (Å²) in [6.07, 6.45) is 7.60. The van der Waals surface area contributed by atoms with E-state index in [4.69, 9.17) is 0 Å². The lowest BCUT2D eigenvalue weighted by atomic mass is 9.92. The molecule has 2 saturated carbocycles. The van der Waals surface area contributed by atoms with Gasteiger partial charge in [-0.2, -0.15) is 0 Å². The molecule has 6 rings (SSSR count). The third kappa shape index (κ3) is 4.80. The van der Waals surface area contributed by atoms with Crippen LogP contribution < -0.4 is 5.32 Å². The van der Waals surface area contributed by atoms with E-state index in [1.807, 2.05) is 10.8 Å². The fraction of sp³-hybridized carbons (Fsp3) is 0.370. The zero-order chi connectivity index (χ0) is 26.4. The molecule has 4 aromatic rings. The maximum Gasteiger partial charge on any atom is 0.259 e. The Bertz CT molecular complexity index is 1500. The van der Waals surface area contributed by atoms with Crippen LogP contribution in [0.25, 0.3) is 17.2 Å². The number of carbonyl (C=O) groups is 1. The van der Waals surface area contributed by atoms with Crippen LogP contribution in [-0.2, 0) is 0 Å². The van der Waals surface area contributed by atoms with Gasteiger partial charge in [0, 0.05) is 31.0 Å². The molecule has 0 saturated heterocycles. The first-order valence-corrected chi connectivity index (χ1v) is 12.7. The van der Waals surface area contributed by atoms with Gasteiger partial charge in [0.2, 0.25) is 5.92 Å². The number of carbonyl (C=O) groups excluding carboxylic acids is 1. The molecule has 0 spiro atoms. The highest BCUT2D eigenvalue weighted by Gasteiger charge is 2.36. The molecule has 0 unspecified atom stereocenters. The summed E-state index contributed by atoms with van der Waals surface area (Å²) in [5.74, 6) is -2.83. The summed E-state index contributed by atoms with van der Waals surface area (Å²) >= 11 is 0. The number of hydrogen-bond donors (Lipinski definition) is 1. The fourth-order valence-corrected chi connectivity index (χ4v) is 4.98. The van der Waals surface area contributed by atoms with E-state index in [1.165, 1.54) is 18.5 Å². The van der Waals surface area contributed by atoms with E-state index in [1.54, 1.807) is 36.0 Å². The van der Waals surface area contributed by atoms with Crippen molar-refractivity contribution in [3.05, 3.63) is 71.8 Å². The Balaban J connectivity index is 1.23. The first-order valence-electron chi connectivity index (χ1n) is 12.7. The number of hydrogen-bond acceptors (Lipinski definition) is 5. The minimum Gasteiger partial charge on any atom is -0.309 e.